The lowest BCUT2D eigenvalue weighted by molar-refractivity contribution is -0.122. The summed E-state index contributed by atoms with van der Waals surface area (Å²) in [6.45, 7) is 1.74. The van der Waals surface area contributed by atoms with Crippen molar-refractivity contribution in [3.05, 3.63) is 0 Å². The van der Waals surface area contributed by atoms with Gasteiger partial charge >= 0.3 is 6.03 Å². The monoisotopic (exact) mass is 228 g/mol. The van der Waals surface area contributed by atoms with Crippen LogP contribution >= 0.6 is 0 Å². The summed E-state index contributed by atoms with van der Waals surface area (Å²) in [7, 11) is 0. The number of nitrogens with two attached hydrogens (primary N) is 2. The van der Waals surface area contributed by atoms with Crippen LogP contribution in [0.2, 0.25) is 0 Å². The SMILES string of the molecule is NCCC1CCCCN1CC(=O)NC(N)=O. The van der Waals surface area contributed by atoms with E-state index in [-0.39, 0.29) is 12.5 Å². The molecule has 0 aliphatic carbocycles. The summed E-state index contributed by atoms with van der Waals surface area (Å²) in [5.74, 6) is -0.337. The molecule has 0 aromatic heterocycles. The number of nitrogens with zero attached hydrogens (tertiary/aromatic N) is 1. The largest absolute Gasteiger partial charge is 0.351 e. The number of likely N-dealkylation sites (tertiary alicyclic amines) is 1. The molecule has 0 aromatic rings. The van der Waals surface area contributed by atoms with Crippen molar-refractivity contribution in [3.8, 4) is 0 Å². The van der Waals surface area contributed by atoms with E-state index in [1.54, 1.807) is 0 Å². The minimum absolute atomic E-state index is 0.230. The molecule has 1 saturated heterocycles. The van der Waals surface area contributed by atoms with Gasteiger partial charge in [-0.2, -0.15) is 0 Å². The summed E-state index contributed by atoms with van der Waals surface area (Å²) in [5, 5.41) is 2.08. The molecule has 1 fully saturated rings. The number of imide groups is 1. The highest BCUT2D eigenvalue weighted by Crippen LogP contribution is 2.18. The maximum Gasteiger partial charge on any atom is 0.318 e. The summed E-state index contributed by atoms with van der Waals surface area (Å²) in [6.07, 6.45) is 4.23. The number of primary amides is 1. The number of carbonyl (C=O) groups excluding carboxylic acids is 2. The Morgan fingerprint density at radius 3 is 2.75 bits per heavy atom. The van der Waals surface area contributed by atoms with Gasteiger partial charge in [0.05, 0.1) is 6.54 Å². The van der Waals surface area contributed by atoms with Gasteiger partial charge in [0.1, 0.15) is 0 Å². The van der Waals surface area contributed by atoms with Crippen LogP contribution in [0.15, 0.2) is 0 Å². The maximum atomic E-state index is 11.4. The van der Waals surface area contributed by atoms with Crippen molar-refractivity contribution in [2.75, 3.05) is 19.6 Å². The van der Waals surface area contributed by atoms with E-state index in [2.05, 4.69) is 10.2 Å². The van der Waals surface area contributed by atoms with Crippen LogP contribution in [0.4, 0.5) is 4.79 Å². The Bertz CT molecular complexity index is 255. The van der Waals surface area contributed by atoms with Crippen LogP contribution in [0.3, 0.4) is 0 Å². The third-order valence-corrected chi connectivity index (χ3v) is 2.86. The summed E-state index contributed by atoms with van der Waals surface area (Å²) < 4.78 is 0. The Morgan fingerprint density at radius 2 is 2.12 bits per heavy atom. The van der Waals surface area contributed by atoms with Gasteiger partial charge in [0, 0.05) is 6.04 Å². The zero-order chi connectivity index (χ0) is 12.0. The fourth-order valence-electron chi connectivity index (χ4n) is 2.15. The van der Waals surface area contributed by atoms with Crippen molar-refractivity contribution < 1.29 is 9.59 Å². The molecule has 1 atom stereocenters. The van der Waals surface area contributed by atoms with E-state index >= 15 is 0 Å². The first-order chi connectivity index (χ1) is 7.63. The molecule has 1 heterocycles. The lowest BCUT2D eigenvalue weighted by atomic mass is 9.99. The molecule has 6 heteroatoms. The van der Waals surface area contributed by atoms with Gasteiger partial charge in [-0.3, -0.25) is 15.0 Å². The normalized spacial score (nSPS) is 21.7. The lowest BCUT2D eigenvalue weighted by Gasteiger charge is -2.34. The molecule has 92 valence electrons. The van der Waals surface area contributed by atoms with Gasteiger partial charge in [0.15, 0.2) is 0 Å². The minimum Gasteiger partial charge on any atom is -0.351 e. The standard InChI is InChI=1S/C10H20N4O2/c11-5-4-8-3-1-2-6-14(8)7-9(15)13-10(12)16/h8H,1-7,11H2,(H3,12,13,15,16). The van der Waals surface area contributed by atoms with Crippen molar-refractivity contribution in [2.45, 2.75) is 31.7 Å². The van der Waals surface area contributed by atoms with Crippen molar-refractivity contribution in [1.29, 1.82) is 0 Å². The third-order valence-electron chi connectivity index (χ3n) is 2.86. The second-order valence-electron chi connectivity index (χ2n) is 4.11. The van der Waals surface area contributed by atoms with Crippen LogP contribution < -0.4 is 16.8 Å². The molecule has 1 unspecified atom stereocenters. The Morgan fingerprint density at radius 1 is 1.38 bits per heavy atom. The average Bonchev–Trinajstić information content (AvgIpc) is 2.20. The highest BCUT2D eigenvalue weighted by molar-refractivity contribution is 5.94. The van der Waals surface area contributed by atoms with Crippen molar-refractivity contribution in [3.63, 3.8) is 0 Å². The summed E-state index contributed by atoms with van der Waals surface area (Å²) in [6, 6.07) is -0.435. The van der Waals surface area contributed by atoms with Crippen LogP contribution in [0, 0.1) is 0 Å². The molecule has 0 spiro atoms. The number of piperidine rings is 1. The van der Waals surface area contributed by atoms with Crippen LogP contribution in [0.5, 0.6) is 0 Å². The summed E-state index contributed by atoms with van der Waals surface area (Å²) >= 11 is 0. The quantitative estimate of drug-likeness (QED) is 0.597. The lowest BCUT2D eigenvalue weighted by Crippen LogP contribution is -2.48. The first-order valence-corrected chi connectivity index (χ1v) is 5.67. The molecule has 1 aliphatic rings. The smallest absolute Gasteiger partial charge is 0.318 e. The Balaban J connectivity index is 2.42. The Labute approximate surface area is 95.3 Å². The van der Waals surface area contributed by atoms with Gasteiger partial charge in [-0.15, -0.1) is 0 Å². The fourth-order valence-corrected chi connectivity index (χ4v) is 2.15. The molecule has 0 aromatic carbocycles. The zero-order valence-electron chi connectivity index (χ0n) is 9.45. The number of amides is 3. The number of urea groups is 1. The van der Waals surface area contributed by atoms with Crippen LogP contribution in [-0.4, -0.2) is 42.5 Å². The zero-order valence-corrected chi connectivity index (χ0v) is 9.45. The maximum absolute atomic E-state index is 11.4. The predicted molar refractivity (Wildman–Crippen MR) is 60.6 cm³/mol. The number of carbonyl (C=O) groups is 2. The van der Waals surface area contributed by atoms with Crippen molar-refractivity contribution in [2.24, 2.45) is 11.5 Å². The number of hydrogen-bond donors (Lipinski definition) is 3. The van der Waals surface area contributed by atoms with Crippen molar-refractivity contribution >= 4 is 11.9 Å². The Kier molecular flexibility index (Phi) is 5.21. The van der Waals surface area contributed by atoms with Gasteiger partial charge in [-0.1, -0.05) is 6.42 Å². The number of rotatable bonds is 4. The topological polar surface area (TPSA) is 101 Å². The van der Waals surface area contributed by atoms with E-state index in [9.17, 15) is 9.59 Å². The molecule has 0 radical (unpaired) electrons. The first kappa shape index (κ1) is 12.9. The molecule has 0 saturated carbocycles. The second kappa shape index (κ2) is 6.44. The van der Waals surface area contributed by atoms with Gasteiger partial charge < -0.3 is 11.5 Å². The fraction of sp³-hybridized carbons (Fsp3) is 0.800. The molecular formula is C10H20N4O2. The van der Waals surface area contributed by atoms with E-state index in [0.29, 0.717) is 12.6 Å². The number of nitrogens with one attached hydrogen (secondary N) is 1. The van der Waals surface area contributed by atoms with Gasteiger partial charge in [-0.25, -0.2) is 4.79 Å². The molecule has 0 bridgehead atoms. The molecule has 16 heavy (non-hydrogen) atoms. The molecule has 5 N–H and O–H groups in total. The van der Waals surface area contributed by atoms with Gasteiger partial charge in [0.2, 0.25) is 5.91 Å². The highest BCUT2D eigenvalue weighted by atomic mass is 16.2. The van der Waals surface area contributed by atoms with Crippen molar-refractivity contribution in [1.82, 2.24) is 10.2 Å². The predicted octanol–water partition coefficient (Wildman–Crippen LogP) is -0.615. The Hall–Kier alpha value is -1.14. The number of hydrogen-bond acceptors (Lipinski definition) is 4. The molecule has 6 nitrogen and oxygen atoms in total. The van der Waals surface area contributed by atoms with Crippen LogP contribution in [0.25, 0.3) is 0 Å². The van der Waals surface area contributed by atoms with Gasteiger partial charge in [-0.05, 0) is 32.4 Å². The highest BCUT2D eigenvalue weighted by Gasteiger charge is 2.23. The minimum atomic E-state index is -0.794. The first-order valence-electron chi connectivity index (χ1n) is 5.67. The molecule has 1 aliphatic heterocycles. The molecule has 1 rings (SSSR count). The van der Waals surface area contributed by atoms with E-state index in [0.717, 1.165) is 25.8 Å². The van der Waals surface area contributed by atoms with E-state index in [1.807, 2.05) is 0 Å². The van der Waals surface area contributed by atoms with Crippen LogP contribution in [-0.2, 0) is 4.79 Å². The molecular weight excluding hydrogens is 208 g/mol. The second-order valence-corrected chi connectivity index (χ2v) is 4.11. The van der Waals surface area contributed by atoms with E-state index < -0.39 is 6.03 Å². The molecule has 3 amide bonds. The van der Waals surface area contributed by atoms with E-state index in [4.69, 9.17) is 11.5 Å². The average molecular weight is 228 g/mol. The van der Waals surface area contributed by atoms with E-state index in [1.165, 1.54) is 6.42 Å². The summed E-state index contributed by atoms with van der Waals surface area (Å²) in [4.78, 5) is 24.0. The van der Waals surface area contributed by atoms with Crippen LogP contribution in [0.1, 0.15) is 25.7 Å². The third kappa shape index (κ3) is 4.16. The summed E-state index contributed by atoms with van der Waals surface area (Å²) in [5.41, 5.74) is 10.4. The van der Waals surface area contributed by atoms with Gasteiger partial charge in [0.25, 0.3) is 0 Å².